The van der Waals surface area contributed by atoms with Gasteiger partial charge in [0.25, 0.3) is 5.91 Å². The average Bonchev–Trinajstić information content (AvgIpc) is 2.36. The number of halogens is 2. The van der Waals surface area contributed by atoms with E-state index in [1.165, 1.54) is 18.2 Å². The summed E-state index contributed by atoms with van der Waals surface area (Å²) in [6.45, 7) is 1.82. The molecule has 0 saturated carbocycles. The average molecular weight is 342 g/mol. The number of anilines is 1. The van der Waals surface area contributed by atoms with Crippen LogP contribution >= 0.6 is 27.5 Å². The van der Waals surface area contributed by atoms with Gasteiger partial charge in [0.05, 0.1) is 16.3 Å². The zero-order chi connectivity index (χ0) is 14.0. The Morgan fingerprint density at radius 2 is 2.11 bits per heavy atom. The minimum absolute atomic E-state index is 0.0190. The first-order valence-corrected chi connectivity index (χ1v) is 6.57. The van der Waals surface area contributed by atoms with Crippen molar-refractivity contribution in [3.8, 4) is 5.75 Å². The molecule has 0 fully saturated rings. The molecule has 2 aromatic rings. The second kappa shape index (κ2) is 5.59. The van der Waals surface area contributed by atoms with Crippen LogP contribution in [0.2, 0.25) is 5.02 Å². The number of aryl methyl sites for hydroxylation is 1. The van der Waals surface area contributed by atoms with Crippen LogP contribution in [0.1, 0.15) is 16.1 Å². The summed E-state index contributed by atoms with van der Waals surface area (Å²) >= 11 is 9.25. The molecule has 0 spiro atoms. The van der Waals surface area contributed by atoms with E-state index in [-0.39, 0.29) is 16.3 Å². The molecule has 0 aliphatic rings. The third-order valence-corrected chi connectivity index (χ3v) is 3.63. The Labute approximate surface area is 123 Å². The minimum atomic E-state index is -0.421. The highest BCUT2D eigenvalue weighted by Gasteiger charge is 2.12. The van der Waals surface area contributed by atoms with Gasteiger partial charge in [0, 0.05) is 4.47 Å². The van der Waals surface area contributed by atoms with E-state index in [2.05, 4.69) is 26.2 Å². The number of rotatable bonds is 2. The summed E-state index contributed by atoms with van der Waals surface area (Å²) in [6, 6.07) is 7.66. The van der Waals surface area contributed by atoms with Gasteiger partial charge in [-0.25, -0.2) is 4.98 Å². The fourth-order valence-electron chi connectivity index (χ4n) is 1.48. The summed E-state index contributed by atoms with van der Waals surface area (Å²) in [5.41, 5.74) is 0.962. The second-order valence-electron chi connectivity index (χ2n) is 3.88. The molecule has 4 nitrogen and oxygen atoms in total. The van der Waals surface area contributed by atoms with Gasteiger partial charge in [0.1, 0.15) is 11.6 Å². The largest absolute Gasteiger partial charge is 0.508 e. The molecule has 6 heteroatoms. The van der Waals surface area contributed by atoms with E-state index in [1.54, 1.807) is 12.1 Å². The van der Waals surface area contributed by atoms with E-state index in [0.29, 0.717) is 5.82 Å². The van der Waals surface area contributed by atoms with Crippen molar-refractivity contribution >= 4 is 39.3 Å². The molecule has 1 heterocycles. The summed E-state index contributed by atoms with van der Waals surface area (Å²) in [6.07, 6.45) is 0. The zero-order valence-corrected chi connectivity index (χ0v) is 12.3. The van der Waals surface area contributed by atoms with Crippen LogP contribution < -0.4 is 5.32 Å². The standard InChI is InChI=1S/C13H10BrClN2O2/c1-7-10(14)3-5-12(16-7)17-13(19)9-6-8(18)2-4-11(9)15/h2-6,18H,1H3,(H,16,17,19). The Morgan fingerprint density at radius 3 is 2.79 bits per heavy atom. The van der Waals surface area contributed by atoms with E-state index in [0.717, 1.165) is 10.2 Å². The molecule has 98 valence electrons. The van der Waals surface area contributed by atoms with Crippen LogP contribution in [-0.4, -0.2) is 16.0 Å². The highest BCUT2D eigenvalue weighted by molar-refractivity contribution is 9.10. The molecule has 1 aromatic heterocycles. The van der Waals surface area contributed by atoms with Gasteiger partial charge >= 0.3 is 0 Å². The van der Waals surface area contributed by atoms with Crippen LogP contribution in [0.15, 0.2) is 34.8 Å². The lowest BCUT2D eigenvalue weighted by Gasteiger charge is -2.07. The molecule has 0 aliphatic heterocycles. The Balaban J connectivity index is 2.25. The molecule has 0 unspecified atom stereocenters. The second-order valence-corrected chi connectivity index (χ2v) is 5.14. The fourth-order valence-corrected chi connectivity index (χ4v) is 1.91. The number of hydrogen-bond acceptors (Lipinski definition) is 3. The lowest BCUT2D eigenvalue weighted by atomic mass is 10.2. The molecule has 0 atom stereocenters. The molecule has 0 saturated heterocycles. The first-order chi connectivity index (χ1) is 8.97. The Hall–Kier alpha value is -1.59. The fraction of sp³-hybridized carbons (Fsp3) is 0.0769. The topological polar surface area (TPSA) is 62.2 Å². The van der Waals surface area contributed by atoms with Gasteiger partial charge in [-0.2, -0.15) is 0 Å². The molecular formula is C13H10BrClN2O2. The number of carbonyl (C=O) groups excluding carboxylic acids is 1. The molecule has 2 N–H and O–H groups in total. The van der Waals surface area contributed by atoms with Crippen LogP contribution in [0.25, 0.3) is 0 Å². The number of amides is 1. The van der Waals surface area contributed by atoms with E-state index >= 15 is 0 Å². The first kappa shape index (κ1) is 13.8. The van der Waals surface area contributed by atoms with Crippen LogP contribution in [0.3, 0.4) is 0 Å². The lowest BCUT2D eigenvalue weighted by molar-refractivity contribution is 0.102. The van der Waals surface area contributed by atoms with Gasteiger partial charge in [0.2, 0.25) is 0 Å². The van der Waals surface area contributed by atoms with Crippen molar-refractivity contribution in [3.63, 3.8) is 0 Å². The Kier molecular flexibility index (Phi) is 4.07. The monoisotopic (exact) mass is 340 g/mol. The molecule has 1 amide bonds. The van der Waals surface area contributed by atoms with Crippen LogP contribution in [0.4, 0.5) is 5.82 Å². The van der Waals surface area contributed by atoms with Crippen molar-refractivity contribution in [3.05, 3.63) is 51.1 Å². The third-order valence-electron chi connectivity index (χ3n) is 2.46. The zero-order valence-electron chi connectivity index (χ0n) is 9.95. The molecule has 2 rings (SSSR count). The Bertz CT molecular complexity index is 647. The number of nitrogens with one attached hydrogen (secondary N) is 1. The maximum Gasteiger partial charge on any atom is 0.258 e. The van der Waals surface area contributed by atoms with Crippen molar-refractivity contribution in [1.29, 1.82) is 0 Å². The SMILES string of the molecule is Cc1nc(NC(=O)c2cc(O)ccc2Cl)ccc1Br. The first-order valence-electron chi connectivity index (χ1n) is 5.40. The smallest absolute Gasteiger partial charge is 0.258 e. The molecule has 0 bridgehead atoms. The highest BCUT2D eigenvalue weighted by atomic mass is 79.9. The maximum absolute atomic E-state index is 12.0. The maximum atomic E-state index is 12.0. The number of carbonyl (C=O) groups is 1. The van der Waals surface area contributed by atoms with Crippen molar-refractivity contribution < 1.29 is 9.90 Å². The predicted octanol–water partition coefficient (Wildman–Crippen LogP) is 3.76. The summed E-state index contributed by atoms with van der Waals surface area (Å²) in [5.74, 6) is -0.0188. The summed E-state index contributed by atoms with van der Waals surface area (Å²) < 4.78 is 0.862. The van der Waals surface area contributed by atoms with Gasteiger partial charge in [-0.15, -0.1) is 0 Å². The van der Waals surface area contributed by atoms with Gasteiger partial charge in [-0.05, 0) is 53.2 Å². The van der Waals surface area contributed by atoms with Gasteiger partial charge in [0.15, 0.2) is 0 Å². The van der Waals surface area contributed by atoms with E-state index in [9.17, 15) is 9.90 Å². The molecule has 1 aromatic carbocycles. The Morgan fingerprint density at radius 1 is 1.37 bits per heavy atom. The summed E-state index contributed by atoms with van der Waals surface area (Å²) in [4.78, 5) is 16.2. The number of phenols is 1. The normalized spacial score (nSPS) is 10.3. The van der Waals surface area contributed by atoms with E-state index < -0.39 is 5.91 Å². The third kappa shape index (κ3) is 3.24. The van der Waals surface area contributed by atoms with Crippen LogP contribution in [0, 0.1) is 6.92 Å². The summed E-state index contributed by atoms with van der Waals surface area (Å²) in [7, 11) is 0. The summed E-state index contributed by atoms with van der Waals surface area (Å²) in [5, 5.41) is 12.3. The molecular weight excluding hydrogens is 332 g/mol. The van der Waals surface area contributed by atoms with Crippen molar-refractivity contribution in [2.24, 2.45) is 0 Å². The highest BCUT2D eigenvalue weighted by Crippen LogP contribution is 2.22. The van der Waals surface area contributed by atoms with E-state index in [4.69, 9.17) is 11.6 Å². The minimum Gasteiger partial charge on any atom is -0.508 e. The molecule has 19 heavy (non-hydrogen) atoms. The van der Waals surface area contributed by atoms with Crippen molar-refractivity contribution in [2.75, 3.05) is 5.32 Å². The van der Waals surface area contributed by atoms with Gasteiger partial charge in [-0.1, -0.05) is 11.6 Å². The van der Waals surface area contributed by atoms with Crippen LogP contribution in [-0.2, 0) is 0 Å². The number of hydrogen-bond donors (Lipinski definition) is 2. The number of benzene rings is 1. The quantitative estimate of drug-likeness (QED) is 0.874. The van der Waals surface area contributed by atoms with Gasteiger partial charge < -0.3 is 10.4 Å². The number of aromatic hydroxyl groups is 1. The number of pyridine rings is 1. The molecule has 0 aliphatic carbocycles. The van der Waals surface area contributed by atoms with Crippen LogP contribution in [0.5, 0.6) is 5.75 Å². The predicted molar refractivity (Wildman–Crippen MR) is 77.7 cm³/mol. The van der Waals surface area contributed by atoms with Crippen molar-refractivity contribution in [1.82, 2.24) is 4.98 Å². The number of nitrogens with zero attached hydrogens (tertiary/aromatic N) is 1. The number of phenolic OH excluding ortho intramolecular Hbond substituents is 1. The van der Waals surface area contributed by atoms with E-state index in [1.807, 2.05) is 6.92 Å². The van der Waals surface area contributed by atoms with Gasteiger partial charge in [-0.3, -0.25) is 4.79 Å². The lowest BCUT2D eigenvalue weighted by Crippen LogP contribution is -2.13. The number of aromatic nitrogens is 1. The molecule has 0 radical (unpaired) electrons. The van der Waals surface area contributed by atoms with Crippen molar-refractivity contribution in [2.45, 2.75) is 6.92 Å².